The Kier molecular flexibility index (Phi) is 12.1. The highest BCUT2D eigenvalue weighted by atomic mass is 14.8. The molecule has 470 valence electrons. The van der Waals surface area contributed by atoms with Crippen LogP contribution in [0.25, 0.3) is 166 Å². The van der Waals surface area contributed by atoms with Crippen molar-refractivity contribution in [3.05, 3.63) is 409 Å². The number of hydrogen-bond donors (Lipinski definition) is 0. The summed E-state index contributed by atoms with van der Waals surface area (Å²) in [4.78, 5) is 10.3. The van der Waals surface area contributed by atoms with Gasteiger partial charge in [0.1, 0.15) is 0 Å². The molecule has 102 heavy (non-hydrogen) atoms. The van der Waals surface area contributed by atoms with Gasteiger partial charge in [-0.05, 0) is 219 Å². The third-order valence-corrected chi connectivity index (χ3v) is 23.2. The first-order chi connectivity index (χ1) is 50.6. The Balaban J connectivity index is 0.656. The van der Waals surface area contributed by atoms with Crippen LogP contribution >= 0.6 is 0 Å². The van der Waals surface area contributed by atoms with E-state index in [0.717, 1.165) is 44.9 Å². The lowest BCUT2D eigenvalue weighted by Crippen LogP contribution is -2.25. The fourth-order valence-electron chi connectivity index (χ4n) is 19.2. The van der Waals surface area contributed by atoms with E-state index in [4.69, 9.17) is 9.97 Å². The minimum atomic E-state index is -0.445. The minimum absolute atomic E-state index is 0.443. The standard InChI is InChI=1S/C100H60N2/c1-5-33-80-76(29-1)94(77-30-2-6-34-81(77)96(80)65-52-54-74-72-27-13-19-41-88(72)99(90(74)59-65)84-37-15-9-23-68(84)69-24-10-16-38-85(69)99)62-46-44-61(45-47-62)67-56-57-93(92-43-21-22-58-101-92)102-98(67)64-50-48-63(49-51-64)95-78-31-3-7-35-82(78)97(83-36-8-4-32-79(83)95)66-53-55-75-73-28-14-20-42-89(73)100(91(75)60-66)86-39-17-11-25-70(86)71-26-12-18-40-87(71)100/h1-60H. The van der Waals surface area contributed by atoms with E-state index >= 15 is 0 Å². The molecule has 0 amide bonds. The lowest BCUT2D eigenvalue weighted by molar-refractivity contribution is 0.794. The van der Waals surface area contributed by atoms with Gasteiger partial charge in [-0.3, -0.25) is 4.98 Å². The van der Waals surface area contributed by atoms with Gasteiger partial charge >= 0.3 is 0 Å². The van der Waals surface area contributed by atoms with Crippen molar-refractivity contribution < 1.29 is 0 Å². The van der Waals surface area contributed by atoms with Crippen LogP contribution in [0.2, 0.25) is 0 Å². The first-order valence-corrected chi connectivity index (χ1v) is 35.5. The smallest absolute Gasteiger partial charge is 0.0894 e. The summed E-state index contributed by atoms with van der Waals surface area (Å²) in [6, 6.07) is 134. The number of pyridine rings is 2. The maximum Gasteiger partial charge on any atom is 0.0894 e. The largest absolute Gasteiger partial charge is 0.255 e. The van der Waals surface area contributed by atoms with Crippen LogP contribution in [0.4, 0.5) is 0 Å². The average molecular weight is 1290 g/mol. The summed E-state index contributed by atoms with van der Waals surface area (Å²) in [5, 5.41) is 9.76. The highest BCUT2D eigenvalue weighted by molar-refractivity contribution is 6.23. The number of hydrogen-bond acceptors (Lipinski definition) is 2. The van der Waals surface area contributed by atoms with Crippen molar-refractivity contribution in [1.82, 2.24) is 9.97 Å². The molecule has 16 aromatic carbocycles. The number of benzene rings is 16. The molecular formula is C100H60N2. The van der Waals surface area contributed by atoms with Crippen LogP contribution < -0.4 is 0 Å². The summed E-state index contributed by atoms with van der Waals surface area (Å²) in [5.41, 5.74) is 35.7. The van der Waals surface area contributed by atoms with E-state index in [1.54, 1.807) is 0 Å². The number of fused-ring (bicyclic) bond motifs is 24. The molecule has 0 radical (unpaired) electrons. The third kappa shape index (κ3) is 7.73. The topological polar surface area (TPSA) is 25.8 Å². The van der Waals surface area contributed by atoms with E-state index in [-0.39, 0.29) is 0 Å². The predicted molar refractivity (Wildman–Crippen MR) is 423 cm³/mol. The molecule has 0 saturated carbocycles. The van der Waals surface area contributed by atoms with Crippen molar-refractivity contribution in [2.75, 3.05) is 0 Å². The molecule has 4 aliphatic carbocycles. The van der Waals surface area contributed by atoms with Gasteiger partial charge < -0.3 is 0 Å². The fraction of sp³-hybridized carbons (Fsp3) is 0.0200. The Morgan fingerprint density at radius 2 is 0.441 bits per heavy atom. The predicted octanol–water partition coefficient (Wildman–Crippen LogP) is 25.4. The normalized spacial score (nSPS) is 13.5. The molecule has 18 aromatic rings. The molecule has 2 heterocycles. The lowest BCUT2D eigenvalue weighted by atomic mass is 9.70. The van der Waals surface area contributed by atoms with Gasteiger partial charge in [0.15, 0.2) is 0 Å². The zero-order valence-electron chi connectivity index (χ0n) is 55.5. The molecule has 22 rings (SSSR count). The van der Waals surface area contributed by atoms with Crippen molar-refractivity contribution in [2.24, 2.45) is 0 Å². The van der Waals surface area contributed by atoms with Gasteiger partial charge in [0.2, 0.25) is 0 Å². The van der Waals surface area contributed by atoms with Gasteiger partial charge in [-0.2, -0.15) is 0 Å². The molecule has 0 bridgehead atoms. The quantitative estimate of drug-likeness (QED) is 0.149. The molecule has 0 fully saturated rings. The van der Waals surface area contributed by atoms with Crippen LogP contribution in [0.15, 0.2) is 364 Å². The summed E-state index contributed by atoms with van der Waals surface area (Å²) in [6.45, 7) is 0. The number of nitrogens with zero attached hydrogens (tertiary/aromatic N) is 2. The second kappa shape index (κ2) is 21.7. The SMILES string of the molecule is c1ccc(-c2ccc(-c3ccc(-c4c5ccccc5c(-c5ccc6c(c5)C5(c7ccccc7-c7ccccc75)c5ccccc5-6)c5ccccc45)cc3)c(-c3ccc(-c4c5ccccc5c(-c5ccc6c(c5)C5(c7ccccc7-c7ccccc75)c5ccccc5-6)c5ccccc45)cc3)n2)nc1. The Morgan fingerprint density at radius 3 is 0.775 bits per heavy atom. The van der Waals surface area contributed by atoms with Crippen LogP contribution in [0.3, 0.4) is 0 Å². The molecule has 0 N–H and O–H groups in total. The van der Waals surface area contributed by atoms with Crippen molar-refractivity contribution in [1.29, 1.82) is 0 Å². The van der Waals surface area contributed by atoms with Crippen LogP contribution in [0, 0.1) is 0 Å². The minimum Gasteiger partial charge on any atom is -0.255 e. The molecule has 2 nitrogen and oxygen atoms in total. The summed E-state index contributed by atoms with van der Waals surface area (Å²) in [7, 11) is 0. The highest BCUT2D eigenvalue weighted by Crippen LogP contribution is 2.65. The number of aromatic nitrogens is 2. The maximum absolute atomic E-state index is 5.54. The fourth-order valence-corrected chi connectivity index (χ4v) is 19.2. The van der Waals surface area contributed by atoms with Crippen molar-refractivity contribution in [3.8, 4) is 123 Å². The molecule has 0 saturated heterocycles. The van der Waals surface area contributed by atoms with Gasteiger partial charge in [-0.25, -0.2) is 4.98 Å². The second-order valence-electron chi connectivity index (χ2n) is 27.9. The molecule has 4 aliphatic rings. The molecule has 2 heteroatoms. The van der Waals surface area contributed by atoms with Gasteiger partial charge in [0, 0.05) is 17.3 Å². The maximum atomic E-state index is 5.54. The Morgan fingerprint density at radius 1 is 0.176 bits per heavy atom. The lowest BCUT2D eigenvalue weighted by Gasteiger charge is -2.30. The zero-order chi connectivity index (χ0) is 66.8. The summed E-state index contributed by atoms with van der Waals surface area (Å²) < 4.78 is 0. The molecule has 0 aliphatic heterocycles. The van der Waals surface area contributed by atoms with Gasteiger partial charge in [0.25, 0.3) is 0 Å². The van der Waals surface area contributed by atoms with Crippen molar-refractivity contribution in [2.45, 2.75) is 10.8 Å². The van der Waals surface area contributed by atoms with Crippen LogP contribution in [-0.4, -0.2) is 9.97 Å². The Bertz CT molecular complexity index is 6370. The number of rotatable bonds is 7. The first-order valence-electron chi connectivity index (χ1n) is 35.5. The Labute approximate surface area is 591 Å². The Hall–Kier alpha value is -13.1. The van der Waals surface area contributed by atoms with E-state index in [0.29, 0.717) is 0 Å². The van der Waals surface area contributed by atoms with Crippen LogP contribution in [0.1, 0.15) is 44.5 Å². The summed E-state index contributed by atoms with van der Waals surface area (Å²) in [6.07, 6.45) is 1.85. The van der Waals surface area contributed by atoms with E-state index in [2.05, 4.69) is 340 Å². The highest BCUT2D eigenvalue weighted by Gasteiger charge is 2.53. The molecule has 0 atom stereocenters. The molecule has 0 unspecified atom stereocenters. The molecule has 2 aromatic heterocycles. The average Bonchev–Trinajstić information content (AvgIpc) is 1.51. The molecule has 2 spiro atoms. The van der Waals surface area contributed by atoms with Gasteiger partial charge in [-0.15, -0.1) is 0 Å². The van der Waals surface area contributed by atoms with Crippen molar-refractivity contribution in [3.63, 3.8) is 0 Å². The third-order valence-electron chi connectivity index (χ3n) is 23.2. The van der Waals surface area contributed by atoms with E-state index in [1.165, 1.54) is 165 Å². The zero-order valence-corrected chi connectivity index (χ0v) is 55.5. The van der Waals surface area contributed by atoms with E-state index in [1.807, 2.05) is 24.4 Å². The monoisotopic (exact) mass is 1290 g/mol. The van der Waals surface area contributed by atoms with Crippen LogP contribution in [-0.2, 0) is 10.8 Å². The van der Waals surface area contributed by atoms with Gasteiger partial charge in [0.05, 0.1) is 27.9 Å². The second-order valence-corrected chi connectivity index (χ2v) is 27.9. The van der Waals surface area contributed by atoms with E-state index in [9.17, 15) is 0 Å². The molecular weight excluding hydrogens is 1230 g/mol. The van der Waals surface area contributed by atoms with Crippen LogP contribution in [0.5, 0.6) is 0 Å². The van der Waals surface area contributed by atoms with Crippen molar-refractivity contribution >= 4 is 43.1 Å². The summed E-state index contributed by atoms with van der Waals surface area (Å²) >= 11 is 0. The van der Waals surface area contributed by atoms with Gasteiger partial charge in [-0.1, -0.05) is 322 Å². The van der Waals surface area contributed by atoms with E-state index < -0.39 is 10.8 Å². The summed E-state index contributed by atoms with van der Waals surface area (Å²) in [5.74, 6) is 0. The first kappa shape index (κ1) is 56.8.